The van der Waals surface area contributed by atoms with Gasteiger partial charge >= 0.3 is 0 Å². The van der Waals surface area contributed by atoms with Crippen LogP contribution in [0.1, 0.15) is 11.7 Å². The van der Waals surface area contributed by atoms with Crippen molar-refractivity contribution in [2.45, 2.75) is 6.10 Å². The van der Waals surface area contributed by atoms with E-state index in [9.17, 15) is 0 Å². The number of para-hydroxylation sites is 1. The summed E-state index contributed by atoms with van der Waals surface area (Å²) >= 11 is 3.57. The van der Waals surface area contributed by atoms with Crippen LogP contribution in [0.4, 0.5) is 5.69 Å². The molecular weight excluding hydrogens is 326 g/mol. The topological polar surface area (TPSA) is 21.3 Å². The average Bonchev–Trinajstić information content (AvgIpc) is 2.54. The molecule has 1 aliphatic heterocycles. The van der Waals surface area contributed by atoms with E-state index in [1.807, 2.05) is 18.2 Å². The number of fused-ring (bicyclic) bond motifs is 2. The van der Waals surface area contributed by atoms with E-state index in [1.165, 1.54) is 16.3 Å². The zero-order chi connectivity index (χ0) is 14.2. The number of hydrogen-bond donors (Lipinski definition) is 1. The van der Waals surface area contributed by atoms with E-state index in [-0.39, 0.29) is 6.10 Å². The lowest BCUT2D eigenvalue weighted by Gasteiger charge is -2.29. The Morgan fingerprint density at radius 1 is 0.952 bits per heavy atom. The summed E-state index contributed by atoms with van der Waals surface area (Å²) in [7, 11) is 0. The maximum absolute atomic E-state index is 6.25. The SMILES string of the molecule is Brc1cccc2c1OC(c1cccc3ccccc13)CN2. The third kappa shape index (κ3) is 2.18. The molecule has 3 aromatic carbocycles. The first-order valence-corrected chi connectivity index (χ1v) is 7.79. The average molecular weight is 340 g/mol. The maximum atomic E-state index is 6.25. The summed E-state index contributed by atoms with van der Waals surface area (Å²) in [6.07, 6.45) is 0.0160. The van der Waals surface area contributed by atoms with E-state index < -0.39 is 0 Å². The van der Waals surface area contributed by atoms with Crippen molar-refractivity contribution in [1.29, 1.82) is 0 Å². The van der Waals surface area contributed by atoms with Crippen molar-refractivity contribution in [3.05, 3.63) is 70.7 Å². The van der Waals surface area contributed by atoms with E-state index in [4.69, 9.17) is 4.74 Å². The van der Waals surface area contributed by atoms with Crippen LogP contribution < -0.4 is 10.1 Å². The molecular formula is C18H14BrNO. The molecule has 1 N–H and O–H groups in total. The molecule has 0 radical (unpaired) electrons. The number of hydrogen-bond acceptors (Lipinski definition) is 2. The molecule has 1 unspecified atom stereocenters. The van der Waals surface area contributed by atoms with Gasteiger partial charge in [-0.1, -0.05) is 48.5 Å². The lowest BCUT2D eigenvalue weighted by molar-refractivity contribution is 0.210. The van der Waals surface area contributed by atoms with Gasteiger partial charge in [0.15, 0.2) is 5.75 Å². The quantitative estimate of drug-likeness (QED) is 0.662. The lowest BCUT2D eigenvalue weighted by Crippen LogP contribution is -2.24. The predicted molar refractivity (Wildman–Crippen MR) is 89.9 cm³/mol. The number of benzene rings is 3. The first-order valence-electron chi connectivity index (χ1n) is 6.99. The second-order valence-corrected chi connectivity index (χ2v) is 6.03. The Balaban J connectivity index is 1.79. The third-order valence-corrected chi connectivity index (χ3v) is 4.50. The second-order valence-electron chi connectivity index (χ2n) is 5.17. The Morgan fingerprint density at radius 2 is 1.76 bits per heavy atom. The smallest absolute Gasteiger partial charge is 0.157 e. The van der Waals surface area contributed by atoms with Crippen molar-refractivity contribution in [3.8, 4) is 5.75 Å². The number of anilines is 1. The van der Waals surface area contributed by atoms with E-state index in [0.717, 1.165) is 22.5 Å². The molecule has 0 fully saturated rings. The van der Waals surface area contributed by atoms with Crippen LogP contribution in [0.5, 0.6) is 5.75 Å². The highest BCUT2D eigenvalue weighted by molar-refractivity contribution is 9.10. The number of nitrogens with one attached hydrogen (secondary N) is 1. The van der Waals surface area contributed by atoms with Crippen LogP contribution in [0.15, 0.2) is 65.1 Å². The van der Waals surface area contributed by atoms with Gasteiger partial charge in [-0.2, -0.15) is 0 Å². The van der Waals surface area contributed by atoms with Crippen LogP contribution >= 0.6 is 15.9 Å². The molecule has 3 aromatic rings. The molecule has 0 aromatic heterocycles. The number of ether oxygens (including phenoxy) is 1. The van der Waals surface area contributed by atoms with Crippen molar-refractivity contribution in [2.24, 2.45) is 0 Å². The van der Waals surface area contributed by atoms with E-state index in [0.29, 0.717) is 0 Å². The molecule has 1 aliphatic rings. The Kier molecular flexibility index (Phi) is 3.08. The van der Waals surface area contributed by atoms with E-state index in [1.54, 1.807) is 0 Å². The van der Waals surface area contributed by atoms with Gasteiger partial charge in [-0.05, 0) is 38.8 Å². The summed E-state index contributed by atoms with van der Waals surface area (Å²) < 4.78 is 7.23. The summed E-state index contributed by atoms with van der Waals surface area (Å²) in [5.41, 5.74) is 2.27. The van der Waals surface area contributed by atoms with Crippen molar-refractivity contribution in [2.75, 3.05) is 11.9 Å². The molecule has 0 bridgehead atoms. The van der Waals surface area contributed by atoms with Gasteiger partial charge in [-0.15, -0.1) is 0 Å². The zero-order valence-corrected chi connectivity index (χ0v) is 12.9. The molecule has 0 saturated carbocycles. The Bertz CT molecular complexity index is 810. The molecule has 4 rings (SSSR count). The largest absolute Gasteiger partial charge is 0.480 e. The molecule has 0 saturated heterocycles. The van der Waals surface area contributed by atoms with Crippen molar-refractivity contribution in [3.63, 3.8) is 0 Å². The minimum absolute atomic E-state index is 0.0160. The van der Waals surface area contributed by atoms with Gasteiger partial charge in [0.25, 0.3) is 0 Å². The van der Waals surface area contributed by atoms with Gasteiger partial charge in [0.1, 0.15) is 6.10 Å². The minimum Gasteiger partial charge on any atom is -0.480 e. The Labute approximate surface area is 131 Å². The maximum Gasteiger partial charge on any atom is 0.157 e. The summed E-state index contributed by atoms with van der Waals surface area (Å²) in [4.78, 5) is 0. The van der Waals surface area contributed by atoms with Crippen LogP contribution in [0.3, 0.4) is 0 Å². The molecule has 0 spiro atoms. The van der Waals surface area contributed by atoms with Crippen LogP contribution in [0, 0.1) is 0 Å². The van der Waals surface area contributed by atoms with Crippen molar-refractivity contribution < 1.29 is 4.74 Å². The normalized spacial score (nSPS) is 16.9. The van der Waals surface area contributed by atoms with Crippen LogP contribution in [0.25, 0.3) is 10.8 Å². The fraction of sp³-hybridized carbons (Fsp3) is 0.111. The van der Waals surface area contributed by atoms with E-state index >= 15 is 0 Å². The van der Waals surface area contributed by atoms with Crippen molar-refractivity contribution >= 4 is 32.4 Å². The molecule has 2 nitrogen and oxygen atoms in total. The summed E-state index contributed by atoms with van der Waals surface area (Å²) in [6.45, 7) is 0.775. The molecule has 1 atom stereocenters. The summed E-state index contributed by atoms with van der Waals surface area (Å²) in [5.74, 6) is 0.890. The second kappa shape index (κ2) is 5.08. The molecule has 0 aliphatic carbocycles. The summed E-state index contributed by atoms with van der Waals surface area (Å²) in [5, 5.41) is 5.96. The monoisotopic (exact) mass is 339 g/mol. The Hall–Kier alpha value is -2.00. The minimum atomic E-state index is 0.0160. The van der Waals surface area contributed by atoms with Gasteiger partial charge in [0, 0.05) is 5.56 Å². The summed E-state index contributed by atoms with van der Waals surface area (Å²) in [6, 6.07) is 20.9. The highest BCUT2D eigenvalue weighted by atomic mass is 79.9. The zero-order valence-electron chi connectivity index (χ0n) is 11.3. The van der Waals surface area contributed by atoms with Crippen LogP contribution in [-0.4, -0.2) is 6.54 Å². The Morgan fingerprint density at radius 3 is 2.71 bits per heavy atom. The number of rotatable bonds is 1. The highest BCUT2D eigenvalue weighted by Crippen LogP contribution is 2.40. The third-order valence-electron chi connectivity index (χ3n) is 3.88. The standard InChI is InChI=1S/C18H14BrNO/c19-15-9-4-10-16-18(15)21-17(11-20-16)14-8-3-6-12-5-1-2-7-13(12)14/h1-10,17,20H,11H2. The fourth-order valence-electron chi connectivity index (χ4n) is 2.86. The lowest BCUT2D eigenvalue weighted by atomic mass is 9.99. The molecule has 3 heteroatoms. The fourth-order valence-corrected chi connectivity index (χ4v) is 3.32. The first kappa shape index (κ1) is 12.7. The van der Waals surface area contributed by atoms with Crippen LogP contribution in [-0.2, 0) is 0 Å². The van der Waals surface area contributed by atoms with Gasteiger partial charge in [-0.3, -0.25) is 0 Å². The molecule has 0 amide bonds. The predicted octanol–water partition coefficient (Wildman–Crippen LogP) is 5.15. The van der Waals surface area contributed by atoms with Gasteiger partial charge in [0.05, 0.1) is 16.7 Å². The molecule has 1 heterocycles. The van der Waals surface area contributed by atoms with Gasteiger partial charge in [0.2, 0.25) is 0 Å². The first-order chi connectivity index (χ1) is 10.3. The molecule has 21 heavy (non-hydrogen) atoms. The van der Waals surface area contributed by atoms with Gasteiger partial charge < -0.3 is 10.1 Å². The highest BCUT2D eigenvalue weighted by Gasteiger charge is 2.23. The van der Waals surface area contributed by atoms with Crippen molar-refractivity contribution in [1.82, 2.24) is 0 Å². The van der Waals surface area contributed by atoms with E-state index in [2.05, 4.69) is 63.7 Å². The number of halogens is 1. The van der Waals surface area contributed by atoms with Crippen LogP contribution in [0.2, 0.25) is 0 Å². The molecule has 104 valence electrons. The van der Waals surface area contributed by atoms with Gasteiger partial charge in [-0.25, -0.2) is 0 Å².